The predicted octanol–water partition coefficient (Wildman–Crippen LogP) is 3.16. The molecule has 0 saturated carbocycles. The first-order chi connectivity index (χ1) is 10.2. The Balaban J connectivity index is 1.91. The molecule has 1 aromatic heterocycles. The number of benzene rings is 1. The number of carbonyl (C=O) groups excluding carboxylic acids is 1. The molecule has 0 radical (unpaired) electrons. The van der Waals surface area contributed by atoms with E-state index in [4.69, 9.17) is 9.31 Å². The van der Waals surface area contributed by atoms with Crippen LogP contribution < -0.4 is 10.8 Å². The lowest BCUT2D eigenvalue weighted by Crippen LogP contribution is -2.41. The number of thiophene rings is 1. The van der Waals surface area contributed by atoms with Crippen LogP contribution in [0.5, 0.6) is 0 Å². The molecule has 0 spiro atoms. The van der Waals surface area contributed by atoms with Crippen LogP contribution in [0.3, 0.4) is 0 Å². The first kappa shape index (κ1) is 15.5. The van der Waals surface area contributed by atoms with E-state index in [0.717, 1.165) is 20.6 Å². The molecular formula is C16H20BNO3S. The van der Waals surface area contributed by atoms with Crippen LogP contribution in [-0.4, -0.2) is 24.2 Å². The van der Waals surface area contributed by atoms with Crippen LogP contribution in [0, 0.1) is 0 Å². The highest BCUT2D eigenvalue weighted by Crippen LogP contribution is 2.37. The van der Waals surface area contributed by atoms with E-state index in [2.05, 4.69) is 11.4 Å². The van der Waals surface area contributed by atoms with Gasteiger partial charge in [0.1, 0.15) is 0 Å². The molecule has 116 valence electrons. The average Bonchev–Trinajstić information content (AvgIpc) is 2.85. The Kier molecular flexibility index (Phi) is 3.59. The van der Waals surface area contributed by atoms with E-state index in [1.807, 2.05) is 45.9 Å². The molecule has 0 aliphatic carbocycles. The van der Waals surface area contributed by atoms with E-state index in [-0.39, 0.29) is 24.2 Å². The minimum Gasteiger partial charge on any atom is -0.399 e. The minimum absolute atomic E-state index is 0.0576. The zero-order valence-electron chi connectivity index (χ0n) is 13.5. The molecule has 1 saturated heterocycles. The second-order valence-corrected chi connectivity index (χ2v) is 7.76. The molecule has 1 N–H and O–H groups in total. The third kappa shape index (κ3) is 2.66. The Morgan fingerprint density at radius 1 is 1.14 bits per heavy atom. The lowest BCUT2D eigenvalue weighted by Gasteiger charge is -2.32. The van der Waals surface area contributed by atoms with Crippen LogP contribution in [0.25, 0.3) is 10.1 Å². The largest absolute Gasteiger partial charge is 0.494 e. The molecule has 2 aromatic rings. The SMILES string of the molecule is CC(=O)Nc1cc2ccc(B3OC(C)(C)C(C)(C)O3)cc2s1. The van der Waals surface area contributed by atoms with Gasteiger partial charge in [0.05, 0.1) is 16.2 Å². The summed E-state index contributed by atoms with van der Waals surface area (Å²) in [5, 5.41) is 4.79. The topological polar surface area (TPSA) is 47.6 Å². The van der Waals surface area contributed by atoms with E-state index in [9.17, 15) is 4.79 Å². The van der Waals surface area contributed by atoms with Gasteiger partial charge in [-0.25, -0.2) is 0 Å². The van der Waals surface area contributed by atoms with Crippen molar-refractivity contribution in [3.05, 3.63) is 24.3 Å². The van der Waals surface area contributed by atoms with Crippen LogP contribution in [0.1, 0.15) is 34.6 Å². The van der Waals surface area contributed by atoms with E-state index in [1.54, 1.807) is 11.3 Å². The van der Waals surface area contributed by atoms with Crippen molar-refractivity contribution in [3.8, 4) is 0 Å². The van der Waals surface area contributed by atoms with Gasteiger partial charge in [-0.05, 0) is 50.7 Å². The van der Waals surface area contributed by atoms with Crippen molar-refractivity contribution in [2.24, 2.45) is 0 Å². The fourth-order valence-electron chi connectivity index (χ4n) is 2.41. The average molecular weight is 317 g/mol. The highest BCUT2D eigenvalue weighted by molar-refractivity contribution is 7.23. The van der Waals surface area contributed by atoms with Crippen LogP contribution in [0.15, 0.2) is 24.3 Å². The van der Waals surface area contributed by atoms with Crippen molar-refractivity contribution in [2.75, 3.05) is 5.32 Å². The lowest BCUT2D eigenvalue weighted by atomic mass is 9.79. The summed E-state index contributed by atoms with van der Waals surface area (Å²) in [5.41, 5.74) is 0.315. The van der Waals surface area contributed by atoms with Gasteiger partial charge in [0.2, 0.25) is 5.91 Å². The van der Waals surface area contributed by atoms with Gasteiger partial charge in [0.25, 0.3) is 0 Å². The third-order valence-corrected chi connectivity index (χ3v) is 5.38. The third-order valence-electron chi connectivity index (χ3n) is 4.37. The van der Waals surface area contributed by atoms with Crippen LogP contribution >= 0.6 is 11.3 Å². The molecule has 22 heavy (non-hydrogen) atoms. The fraction of sp³-hybridized carbons (Fsp3) is 0.438. The van der Waals surface area contributed by atoms with Crippen molar-refractivity contribution in [1.82, 2.24) is 0 Å². The molecule has 4 nitrogen and oxygen atoms in total. The second kappa shape index (κ2) is 5.08. The minimum atomic E-state index is -0.360. The van der Waals surface area contributed by atoms with E-state index < -0.39 is 0 Å². The smallest absolute Gasteiger partial charge is 0.399 e. The van der Waals surface area contributed by atoms with Crippen LogP contribution in [-0.2, 0) is 14.1 Å². The van der Waals surface area contributed by atoms with Gasteiger partial charge in [-0.1, -0.05) is 12.1 Å². The van der Waals surface area contributed by atoms with Crippen molar-refractivity contribution in [2.45, 2.75) is 45.8 Å². The summed E-state index contributed by atoms with van der Waals surface area (Å²) in [6, 6.07) is 8.12. The molecule has 1 aliphatic rings. The Morgan fingerprint density at radius 2 is 1.77 bits per heavy atom. The maximum atomic E-state index is 11.2. The summed E-state index contributed by atoms with van der Waals surface area (Å²) in [6.45, 7) is 9.70. The summed E-state index contributed by atoms with van der Waals surface area (Å²) in [4.78, 5) is 11.2. The van der Waals surface area contributed by atoms with Crippen LogP contribution in [0.2, 0.25) is 0 Å². The number of hydrogen-bond acceptors (Lipinski definition) is 4. The monoisotopic (exact) mass is 317 g/mol. The maximum Gasteiger partial charge on any atom is 0.494 e. The first-order valence-corrected chi connectivity index (χ1v) is 8.16. The molecule has 1 fully saturated rings. The van der Waals surface area contributed by atoms with E-state index in [0.29, 0.717) is 0 Å². The van der Waals surface area contributed by atoms with E-state index >= 15 is 0 Å². The predicted molar refractivity (Wildman–Crippen MR) is 91.8 cm³/mol. The second-order valence-electron chi connectivity index (χ2n) is 6.68. The zero-order valence-corrected chi connectivity index (χ0v) is 14.3. The Morgan fingerprint density at radius 3 is 2.36 bits per heavy atom. The van der Waals surface area contributed by atoms with Crippen molar-refractivity contribution in [3.63, 3.8) is 0 Å². The highest BCUT2D eigenvalue weighted by atomic mass is 32.1. The van der Waals surface area contributed by atoms with Gasteiger partial charge < -0.3 is 14.6 Å². The summed E-state index contributed by atoms with van der Waals surface area (Å²) in [6.07, 6.45) is 0. The molecule has 0 bridgehead atoms. The number of rotatable bonds is 2. The number of nitrogens with one attached hydrogen (secondary N) is 1. The molecule has 6 heteroatoms. The molecule has 1 aliphatic heterocycles. The molecule has 0 atom stereocenters. The van der Waals surface area contributed by atoms with E-state index in [1.165, 1.54) is 6.92 Å². The number of hydrogen-bond donors (Lipinski definition) is 1. The Labute approximate surface area is 134 Å². The fourth-order valence-corrected chi connectivity index (χ4v) is 3.47. The lowest BCUT2D eigenvalue weighted by molar-refractivity contribution is -0.114. The van der Waals surface area contributed by atoms with Crippen molar-refractivity contribution < 1.29 is 14.1 Å². The first-order valence-electron chi connectivity index (χ1n) is 7.35. The van der Waals surface area contributed by atoms with Gasteiger partial charge in [0.15, 0.2) is 0 Å². The Hall–Kier alpha value is -1.37. The molecule has 2 heterocycles. The maximum absolute atomic E-state index is 11.2. The number of fused-ring (bicyclic) bond motifs is 1. The quantitative estimate of drug-likeness (QED) is 0.866. The van der Waals surface area contributed by atoms with Gasteiger partial charge in [0, 0.05) is 11.6 Å². The summed E-state index contributed by atoms with van der Waals surface area (Å²) >= 11 is 1.56. The van der Waals surface area contributed by atoms with Crippen LogP contribution in [0.4, 0.5) is 5.00 Å². The molecule has 0 unspecified atom stereocenters. The van der Waals surface area contributed by atoms with Crippen molar-refractivity contribution in [1.29, 1.82) is 0 Å². The summed E-state index contributed by atoms with van der Waals surface area (Å²) in [7, 11) is -0.360. The highest BCUT2D eigenvalue weighted by Gasteiger charge is 2.51. The van der Waals surface area contributed by atoms with Gasteiger partial charge >= 0.3 is 7.12 Å². The van der Waals surface area contributed by atoms with Gasteiger partial charge in [-0.3, -0.25) is 4.79 Å². The zero-order chi connectivity index (χ0) is 16.1. The number of anilines is 1. The summed E-state index contributed by atoms with van der Waals surface area (Å²) < 4.78 is 13.3. The van der Waals surface area contributed by atoms with Gasteiger partial charge in [-0.2, -0.15) is 0 Å². The number of carbonyl (C=O) groups is 1. The normalized spacial score (nSPS) is 19.6. The summed E-state index contributed by atoms with van der Waals surface area (Å²) in [5.74, 6) is -0.0576. The van der Waals surface area contributed by atoms with Crippen molar-refractivity contribution >= 4 is 44.9 Å². The molecule has 1 aromatic carbocycles. The number of amides is 1. The Bertz CT molecular complexity index is 722. The van der Waals surface area contributed by atoms with Gasteiger partial charge in [-0.15, -0.1) is 11.3 Å². The molecule has 3 rings (SSSR count). The molecule has 1 amide bonds. The molecular weight excluding hydrogens is 297 g/mol. The standard InChI is InChI=1S/C16H20BNO3S/c1-10(19)18-14-8-11-6-7-12(9-13(11)22-14)17-20-15(2,3)16(4,5)21-17/h6-9H,1-5H3,(H,18,19).